The summed E-state index contributed by atoms with van der Waals surface area (Å²) in [5.74, 6) is -0.261. The SMILES string of the molecule is CC(=O)OCCC1OCCO1. The lowest BCUT2D eigenvalue weighted by molar-refractivity contribution is -0.143. The van der Waals surface area contributed by atoms with Crippen molar-refractivity contribution in [3.8, 4) is 0 Å². The normalized spacial score (nSPS) is 18.6. The van der Waals surface area contributed by atoms with E-state index < -0.39 is 0 Å². The topological polar surface area (TPSA) is 44.8 Å². The van der Waals surface area contributed by atoms with Crippen LogP contribution >= 0.6 is 0 Å². The van der Waals surface area contributed by atoms with Crippen LogP contribution in [0.2, 0.25) is 0 Å². The van der Waals surface area contributed by atoms with Crippen molar-refractivity contribution in [3.05, 3.63) is 0 Å². The van der Waals surface area contributed by atoms with E-state index in [1.165, 1.54) is 6.92 Å². The third kappa shape index (κ3) is 3.34. The first-order chi connectivity index (χ1) is 5.29. The molecule has 0 atom stereocenters. The Balaban J connectivity index is 1.98. The monoisotopic (exact) mass is 160 g/mol. The number of rotatable bonds is 3. The standard InChI is InChI=1S/C7H12O4/c1-6(8)9-3-2-7-10-4-5-11-7/h7H,2-5H2,1H3. The maximum atomic E-state index is 10.3. The zero-order valence-corrected chi connectivity index (χ0v) is 6.54. The van der Waals surface area contributed by atoms with Gasteiger partial charge in [0, 0.05) is 13.3 Å². The zero-order valence-electron chi connectivity index (χ0n) is 6.54. The third-order valence-electron chi connectivity index (χ3n) is 1.35. The number of esters is 1. The van der Waals surface area contributed by atoms with E-state index in [1.54, 1.807) is 0 Å². The molecule has 0 aromatic rings. The molecule has 0 N–H and O–H groups in total. The quantitative estimate of drug-likeness (QED) is 0.557. The zero-order chi connectivity index (χ0) is 8.10. The number of hydrogen-bond donors (Lipinski definition) is 0. The van der Waals surface area contributed by atoms with E-state index in [-0.39, 0.29) is 12.3 Å². The molecule has 11 heavy (non-hydrogen) atoms. The lowest BCUT2D eigenvalue weighted by atomic mass is 10.4. The van der Waals surface area contributed by atoms with Crippen LogP contribution in [0.15, 0.2) is 0 Å². The van der Waals surface area contributed by atoms with Crippen LogP contribution in [0.1, 0.15) is 13.3 Å². The van der Waals surface area contributed by atoms with Gasteiger partial charge in [-0.25, -0.2) is 0 Å². The van der Waals surface area contributed by atoms with Gasteiger partial charge in [-0.1, -0.05) is 0 Å². The minimum Gasteiger partial charge on any atom is -0.466 e. The first-order valence-electron chi connectivity index (χ1n) is 3.65. The van der Waals surface area contributed by atoms with E-state index in [4.69, 9.17) is 14.2 Å². The van der Waals surface area contributed by atoms with Crippen molar-refractivity contribution in [1.29, 1.82) is 0 Å². The fraction of sp³-hybridized carbons (Fsp3) is 0.857. The fourth-order valence-corrected chi connectivity index (χ4v) is 0.873. The van der Waals surface area contributed by atoms with Crippen molar-refractivity contribution < 1.29 is 19.0 Å². The van der Waals surface area contributed by atoms with Crippen molar-refractivity contribution in [3.63, 3.8) is 0 Å². The van der Waals surface area contributed by atoms with E-state index in [0.29, 0.717) is 26.2 Å². The molecule has 0 amide bonds. The molecule has 0 aliphatic carbocycles. The van der Waals surface area contributed by atoms with E-state index >= 15 is 0 Å². The molecule has 4 nitrogen and oxygen atoms in total. The molecular formula is C7H12O4. The Kier molecular flexibility index (Phi) is 3.32. The Bertz CT molecular complexity index is 128. The Morgan fingerprint density at radius 2 is 2.18 bits per heavy atom. The van der Waals surface area contributed by atoms with Crippen LogP contribution < -0.4 is 0 Å². The molecule has 0 aromatic carbocycles. The van der Waals surface area contributed by atoms with Crippen molar-refractivity contribution in [1.82, 2.24) is 0 Å². The average molecular weight is 160 g/mol. The van der Waals surface area contributed by atoms with Gasteiger partial charge in [0.05, 0.1) is 19.8 Å². The van der Waals surface area contributed by atoms with Gasteiger partial charge in [0.2, 0.25) is 0 Å². The highest BCUT2D eigenvalue weighted by atomic mass is 16.7. The van der Waals surface area contributed by atoms with Gasteiger partial charge in [-0.05, 0) is 0 Å². The van der Waals surface area contributed by atoms with E-state index in [1.807, 2.05) is 0 Å². The van der Waals surface area contributed by atoms with Gasteiger partial charge in [-0.2, -0.15) is 0 Å². The van der Waals surface area contributed by atoms with Crippen LogP contribution in [0.3, 0.4) is 0 Å². The molecule has 0 spiro atoms. The predicted molar refractivity (Wildman–Crippen MR) is 36.9 cm³/mol. The lowest BCUT2D eigenvalue weighted by Gasteiger charge is -2.07. The van der Waals surface area contributed by atoms with E-state index in [9.17, 15) is 4.79 Å². The Morgan fingerprint density at radius 3 is 2.73 bits per heavy atom. The summed E-state index contributed by atoms with van der Waals surface area (Å²) < 4.78 is 14.9. The largest absolute Gasteiger partial charge is 0.466 e. The Labute approximate surface area is 65.4 Å². The summed E-state index contributed by atoms with van der Waals surface area (Å²) in [6, 6.07) is 0. The van der Waals surface area contributed by atoms with Gasteiger partial charge in [0.15, 0.2) is 6.29 Å². The predicted octanol–water partition coefficient (Wildman–Crippen LogP) is 0.312. The van der Waals surface area contributed by atoms with Gasteiger partial charge in [0.1, 0.15) is 0 Å². The molecule has 0 radical (unpaired) electrons. The molecule has 1 rings (SSSR count). The van der Waals surface area contributed by atoms with Gasteiger partial charge < -0.3 is 14.2 Å². The van der Waals surface area contributed by atoms with Crippen molar-refractivity contribution in [2.24, 2.45) is 0 Å². The van der Waals surface area contributed by atoms with Crippen LogP contribution in [-0.2, 0) is 19.0 Å². The maximum Gasteiger partial charge on any atom is 0.302 e. The second-order valence-electron chi connectivity index (χ2n) is 2.30. The number of hydrogen-bond acceptors (Lipinski definition) is 4. The molecule has 1 heterocycles. The Morgan fingerprint density at radius 1 is 1.55 bits per heavy atom. The first-order valence-corrected chi connectivity index (χ1v) is 3.65. The van der Waals surface area contributed by atoms with Gasteiger partial charge in [0.25, 0.3) is 0 Å². The smallest absolute Gasteiger partial charge is 0.302 e. The molecule has 1 aliphatic rings. The van der Waals surface area contributed by atoms with Crippen LogP contribution in [0.4, 0.5) is 0 Å². The fourth-order valence-electron chi connectivity index (χ4n) is 0.873. The molecule has 64 valence electrons. The molecule has 0 saturated carbocycles. The van der Waals surface area contributed by atoms with Crippen LogP contribution in [0.5, 0.6) is 0 Å². The first kappa shape index (κ1) is 8.49. The van der Waals surface area contributed by atoms with Gasteiger partial charge in [-0.15, -0.1) is 0 Å². The van der Waals surface area contributed by atoms with Crippen LogP contribution in [-0.4, -0.2) is 32.1 Å². The second-order valence-corrected chi connectivity index (χ2v) is 2.30. The highest BCUT2D eigenvalue weighted by molar-refractivity contribution is 5.65. The summed E-state index contributed by atoms with van der Waals surface area (Å²) in [6.07, 6.45) is 0.453. The molecule has 1 fully saturated rings. The summed E-state index contributed by atoms with van der Waals surface area (Å²) >= 11 is 0. The summed E-state index contributed by atoms with van der Waals surface area (Å²) in [4.78, 5) is 10.3. The van der Waals surface area contributed by atoms with Gasteiger partial charge >= 0.3 is 5.97 Å². The number of carbonyl (C=O) groups is 1. The molecule has 0 bridgehead atoms. The van der Waals surface area contributed by atoms with Crippen molar-refractivity contribution in [2.75, 3.05) is 19.8 Å². The minimum absolute atomic E-state index is 0.172. The van der Waals surface area contributed by atoms with E-state index in [2.05, 4.69) is 0 Å². The Hall–Kier alpha value is -0.610. The molecule has 0 aromatic heterocycles. The molecule has 1 saturated heterocycles. The van der Waals surface area contributed by atoms with Gasteiger partial charge in [-0.3, -0.25) is 4.79 Å². The minimum atomic E-state index is -0.261. The molecule has 4 heteroatoms. The maximum absolute atomic E-state index is 10.3. The van der Waals surface area contributed by atoms with Crippen molar-refractivity contribution >= 4 is 5.97 Å². The summed E-state index contributed by atoms with van der Waals surface area (Å²) in [6.45, 7) is 3.05. The molecule has 0 unspecified atom stereocenters. The lowest BCUT2D eigenvalue weighted by Crippen LogP contribution is -2.12. The van der Waals surface area contributed by atoms with Crippen molar-refractivity contribution in [2.45, 2.75) is 19.6 Å². The third-order valence-corrected chi connectivity index (χ3v) is 1.35. The molecular weight excluding hydrogens is 148 g/mol. The van der Waals surface area contributed by atoms with Crippen LogP contribution in [0.25, 0.3) is 0 Å². The number of carbonyl (C=O) groups excluding carboxylic acids is 1. The van der Waals surface area contributed by atoms with E-state index in [0.717, 1.165) is 0 Å². The molecule has 1 aliphatic heterocycles. The summed E-state index contributed by atoms with van der Waals surface area (Å²) in [5, 5.41) is 0. The highest BCUT2D eigenvalue weighted by Crippen LogP contribution is 2.07. The number of ether oxygens (including phenoxy) is 3. The summed E-state index contributed by atoms with van der Waals surface area (Å²) in [7, 11) is 0. The highest BCUT2D eigenvalue weighted by Gasteiger charge is 2.15. The summed E-state index contributed by atoms with van der Waals surface area (Å²) in [5.41, 5.74) is 0. The average Bonchev–Trinajstić information content (AvgIpc) is 2.39. The second kappa shape index (κ2) is 4.31. The van der Waals surface area contributed by atoms with Crippen LogP contribution in [0, 0.1) is 0 Å².